The molecule has 1 aliphatic heterocycles. The van der Waals surface area contributed by atoms with Crippen LogP contribution in [0.4, 0.5) is 0 Å². The van der Waals surface area contributed by atoms with Gasteiger partial charge in [0.25, 0.3) is 0 Å². The maximum Gasteiger partial charge on any atom is 0.0631 e. The Bertz CT molecular complexity index is 201. The predicted octanol–water partition coefficient (Wildman–Crippen LogP) is 2.72. The van der Waals surface area contributed by atoms with Crippen LogP contribution in [0.3, 0.4) is 0 Å². The Balaban J connectivity index is 2.01. The lowest BCUT2D eigenvalue weighted by Gasteiger charge is -2.25. The molecule has 0 aromatic rings. The third-order valence-corrected chi connectivity index (χ3v) is 4.01. The number of rotatable bonds is 9. The Morgan fingerprint density at radius 3 is 2.61 bits per heavy atom. The summed E-state index contributed by atoms with van der Waals surface area (Å²) in [5.74, 6) is 0.866. The molecule has 1 rings (SSSR count). The molecule has 1 fully saturated rings. The van der Waals surface area contributed by atoms with Crippen LogP contribution in [0, 0.1) is 5.92 Å². The van der Waals surface area contributed by atoms with E-state index >= 15 is 0 Å². The van der Waals surface area contributed by atoms with E-state index in [1.165, 1.54) is 25.7 Å². The molecule has 1 unspecified atom stereocenters. The van der Waals surface area contributed by atoms with Crippen LogP contribution in [0.2, 0.25) is 0 Å². The van der Waals surface area contributed by atoms with Gasteiger partial charge in [0.1, 0.15) is 0 Å². The Hall–Kier alpha value is -0.120. The topological polar surface area (TPSA) is 41.5 Å². The van der Waals surface area contributed by atoms with E-state index in [0.29, 0.717) is 0 Å². The van der Waals surface area contributed by atoms with Crippen molar-refractivity contribution in [1.82, 2.24) is 5.32 Å². The molecule has 0 amide bonds. The molecule has 108 valence electrons. The predicted molar refractivity (Wildman–Crippen MR) is 75.8 cm³/mol. The second-order valence-electron chi connectivity index (χ2n) is 5.90. The minimum Gasteiger partial charge on any atom is -0.390 e. The summed E-state index contributed by atoms with van der Waals surface area (Å²) in [6, 6.07) is 0. The van der Waals surface area contributed by atoms with E-state index in [4.69, 9.17) is 4.74 Å². The lowest BCUT2D eigenvalue weighted by atomic mass is 9.90. The van der Waals surface area contributed by atoms with Gasteiger partial charge in [0.15, 0.2) is 0 Å². The summed E-state index contributed by atoms with van der Waals surface area (Å²) in [7, 11) is 0. The molecule has 0 radical (unpaired) electrons. The van der Waals surface area contributed by atoms with Crippen LogP contribution in [0.5, 0.6) is 0 Å². The van der Waals surface area contributed by atoms with Gasteiger partial charge < -0.3 is 15.2 Å². The van der Waals surface area contributed by atoms with Gasteiger partial charge in [-0.05, 0) is 51.6 Å². The highest BCUT2D eigenvalue weighted by molar-refractivity contribution is 4.74. The number of ether oxygens (including phenoxy) is 1. The van der Waals surface area contributed by atoms with Crippen LogP contribution in [0.25, 0.3) is 0 Å². The molecule has 1 aliphatic rings. The zero-order valence-electron chi connectivity index (χ0n) is 12.2. The van der Waals surface area contributed by atoms with Gasteiger partial charge in [0, 0.05) is 13.2 Å². The van der Waals surface area contributed by atoms with Crippen molar-refractivity contribution < 1.29 is 9.84 Å². The molecule has 18 heavy (non-hydrogen) atoms. The van der Waals surface area contributed by atoms with Gasteiger partial charge in [-0.25, -0.2) is 0 Å². The summed E-state index contributed by atoms with van der Waals surface area (Å²) >= 11 is 0. The van der Waals surface area contributed by atoms with Crippen molar-refractivity contribution in [3.8, 4) is 0 Å². The Morgan fingerprint density at radius 1 is 1.22 bits per heavy atom. The van der Waals surface area contributed by atoms with Crippen molar-refractivity contribution in [1.29, 1.82) is 0 Å². The quantitative estimate of drug-likeness (QED) is 0.624. The third-order valence-electron chi connectivity index (χ3n) is 4.01. The van der Waals surface area contributed by atoms with Crippen LogP contribution in [-0.4, -0.2) is 37.0 Å². The maximum absolute atomic E-state index is 10.2. The molecule has 0 bridgehead atoms. The number of aliphatic hydroxyl groups is 1. The van der Waals surface area contributed by atoms with Gasteiger partial charge in [-0.3, -0.25) is 0 Å². The highest BCUT2D eigenvalue weighted by Gasteiger charge is 2.19. The minimum absolute atomic E-state index is 0.488. The van der Waals surface area contributed by atoms with Crippen molar-refractivity contribution in [2.24, 2.45) is 5.92 Å². The summed E-state index contributed by atoms with van der Waals surface area (Å²) in [6.07, 6.45) is 7.97. The first-order valence-electron chi connectivity index (χ1n) is 7.65. The second kappa shape index (κ2) is 8.89. The van der Waals surface area contributed by atoms with Gasteiger partial charge in [-0.1, -0.05) is 26.2 Å². The van der Waals surface area contributed by atoms with Gasteiger partial charge in [-0.15, -0.1) is 0 Å². The number of unbranched alkanes of at least 4 members (excludes halogenated alkanes) is 1. The molecule has 2 N–H and O–H groups in total. The summed E-state index contributed by atoms with van der Waals surface area (Å²) in [5.41, 5.74) is -0.488. The molecule has 1 heterocycles. The molecule has 3 nitrogen and oxygen atoms in total. The maximum atomic E-state index is 10.2. The Morgan fingerprint density at radius 2 is 1.94 bits per heavy atom. The molecule has 0 spiro atoms. The minimum atomic E-state index is -0.488. The normalized spacial score (nSPS) is 20.8. The monoisotopic (exact) mass is 257 g/mol. The summed E-state index contributed by atoms with van der Waals surface area (Å²) < 4.78 is 5.37. The van der Waals surface area contributed by atoms with E-state index in [1.807, 2.05) is 6.92 Å². The second-order valence-corrected chi connectivity index (χ2v) is 5.90. The highest BCUT2D eigenvalue weighted by atomic mass is 16.5. The van der Waals surface area contributed by atoms with Crippen LogP contribution in [-0.2, 0) is 4.74 Å². The van der Waals surface area contributed by atoms with Crippen LogP contribution < -0.4 is 5.32 Å². The fourth-order valence-electron chi connectivity index (χ4n) is 2.63. The van der Waals surface area contributed by atoms with Crippen molar-refractivity contribution in [3.05, 3.63) is 0 Å². The van der Waals surface area contributed by atoms with E-state index < -0.39 is 5.60 Å². The van der Waals surface area contributed by atoms with Crippen molar-refractivity contribution in [2.75, 3.05) is 26.3 Å². The molecule has 1 atom stereocenters. The largest absolute Gasteiger partial charge is 0.390 e. The van der Waals surface area contributed by atoms with E-state index in [2.05, 4.69) is 12.2 Å². The van der Waals surface area contributed by atoms with Crippen LogP contribution in [0.1, 0.15) is 58.8 Å². The smallest absolute Gasteiger partial charge is 0.0631 e. The van der Waals surface area contributed by atoms with Crippen molar-refractivity contribution >= 4 is 0 Å². The molecule has 0 aliphatic carbocycles. The van der Waals surface area contributed by atoms with Gasteiger partial charge in [-0.2, -0.15) is 0 Å². The number of nitrogens with one attached hydrogen (secondary N) is 1. The Kier molecular flexibility index (Phi) is 7.87. The number of hydrogen-bond donors (Lipinski definition) is 2. The molecule has 0 saturated carbocycles. The Labute approximate surface area is 112 Å². The van der Waals surface area contributed by atoms with E-state index in [1.54, 1.807) is 0 Å². The lowest BCUT2D eigenvalue weighted by molar-refractivity contribution is 0.0373. The average molecular weight is 257 g/mol. The average Bonchev–Trinajstić information content (AvgIpc) is 2.36. The molecule has 3 heteroatoms. The van der Waals surface area contributed by atoms with Gasteiger partial charge in [0.2, 0.25) is 0 Å². The van der Waals surface area contributed by atoms with E-state index in [0.717, 1.165) is 51.5 Å². The fraction of sp³-hybridized carbons (Fsp3) is 1.00. The molecular weight excluding hydrogens is 226 g/mol. The first-order valence-corrected chi connectivity index (χ1v) is 7.65. The molecule has 0 aromatic heterocycles. The molecular formula is C15H31NO2. The lowest BCUT2D eigenvalue weighted by Crippen LogP contribution is -2.29. The van der Waals surface area contributed by atoms with Gasteiger partial charge >= 0.3 is 0 Å². The first kappa shape index (κ1) is 15.9. The fourth-order valence-corrected chi connectivity index (χ4v) is 2.63. The van der Waals surface area contributed by atoms with E-state index in [-0.39, 0.29) is 0 Å². The molecule has 1 saturated heterocycles. The van der Waals surface area contributed by atoms with Crippen molar-refractivity contribution in [2.45, 2.75) is 64.4 Å². The highest BCUT2D eigenvalue weighted by Crippen LogP contribution is 2.23. The zero-order chi connectivity index (χ0) is 13.3. The zero-order valence-corrected chi connectivity index (χ0v) is 12.2. The standard InChI is InChI=1S/C15H31NO2/c1-3-16-11-10-15(2,17)9-5-4-6-14-7-12-18-13-8-14/h14,16-17H,3-13H2,1-2H3. The molecule has 0 aromatic carbocycles. The number of hydrogen-bond acceptors (Lipinski definition) is 3. The van der Waals surface area contributed by atoms with Crippen molar-refractivity contribution in [3.63, 3.8) is 0 Å². The van der Waals surface area contributed by atoms with Crippen LogP contribution >= 0.6 is 0 Å². The third kappa shape index (κ3) is 7.34. The van der Waals surface area contributed by atoms with E-state index in [9.17, 15) is 5.11 Å². The first-order chi connectivity index (χ1) is 8.64. The van der Waals surface area contributed by atoms with Crippen LogP contribution in [0.15, 0.2) is 0 Å². The summed E-state index contributed by atoms with van der Waals surface area (Å²) in [6.45, 7) is 7.88. The summed E-state index contributed by atoms with van der Waals surface area (Å²) in [5, 5.41) is 13.5. The summed E-state index contributed by atoms with van der Waals surface area (Å²) in [4.78, 5) is 0. The van der Waals surface area contributed by atoms with Gasteiger partial charge in [0.05, 0.1) is 5.60 Å². The SMILES string of the molecule is CCNCCC(C)(O)CCCCC1CCOCC1.